The van der Waals surface area contributed by atoms with Crippen molar-refractivity contribution in [2.24, 2.45) is 0 Å². The lowest BCUT2D eigenvalue weighted by Gasteiger charge is -2.31. The summed E-state index contributed by atoms with van der Waals surface area (Å²) in [6.45, 7) is 37.3. The zero-order chi connectivity index (χ0) is 66.2. The summed E-state index contributed by atoms with van der Waals surface area (Å²) in [6.07, 6.45) is 0. The van der Waals surface area contributed by atoms with Crippen LogP contribution in [0.3, 0.4) is 0 Å². The van der Waals surface area contributed by atoms with Gasteiger partial charge >= 0.3 is 0 Å². The predicted octanol–water partition coefficient (Wildman–Crippen LogP) is 25.8. The van der Waals surface area contributed by atoms with Crippen LogP contribution in [0, 0.1) is 118 Å². The third-order valence-corrected chi connectivity index (χ3v) is 20.5. The molecule has 0 nitrogen and oxygen atoms in total. The molecule has 0 aliphatic heterocycles. The Morgan fingerprint density at radius 2 is 0.426 bits per heavy atom. The molecule has 0 saturated carbocycles. The van der Waals surface area contributed by atoms with Crippen LogP contribution in [0.2, 0.25) is 0 Å². The van der Waals surface area contributed by atoms with Crippen molar-refractivity contribution in [3.8, 4) is 89.0 Å². The quantitative estimate of drug-likeness (QED) is 0.165. The summed E-state index contributed by atoms with van der Waals surface area (Å²) in [6, 6.07) is 84.2. The largest absolute Gasteiger partial charge is 0.0725 e. The standard InChI is InChI=1S/C29H24.C24H26.C21H20.C20H18/c1-17-5-9-21-22-10-6-18(2)14-26(22)29(25(21)13-17)27-15-19(3)7-11-23(27)24-12-8-20(4)16-28(24)29;1-15-7-9-21(17(3)11-15)23-13-20(6)24(14-19(23)5)22-10-8-16(2)12-18(22)4;1-15-4-8-18(9-5-15)20-12-17(3)13-21(14-20)19-10-6-16(2)7-11-19;1-11-5-7-15-17-9-13(3)14(4)10-18(17)16-8-6-12(2)19(11)20(15)16/h5-16H,1-4H3;7-14H,1-6H3;4-14H,1-3H3;5-10H,1-4H3. The van der Waals surface area contributed by atoms with Gasteiger partial charge in [-0.05, 0) is 296 Å². The lowest BCUT2D eigenvalue weighted by atomic mass is 9.70. The summed E-state index contributed by atoms with van der Waals surface area (Å²) in [4.78, 5) is 0. The van der Waals surface area contributed by atoms with Crippen molar-refractivity contribution >= 4 is 10.8 Å². The molecule has 0 saturated heterocycles. The molecule has 13 aromatic rings. The molecular formula is C94H88. The average Bonchev–Trinajstić information content (AvgIpc) is 1.51. The number of fused-ring (bicyclic) bond motifs is 13. The SMILES string of the molecule is Cc1cc2c(cc1C)-c1ccc(C)c3c(C)ccc-2c13.Cc1ccc(-c2cc(C)c(-c3ccc(C)cc3C)cc2C)c(C)c1.Cc1ccc(-c2cc(C)cc(-c3ccc(C)cc3)c2)cc1.Cc1ccc2c(c1)C1(c3cc(C)ccc3-2)c2cc(C)ccc2-c2ccc(C)cc21. The van der Waals surface area contributed by atoms with Gasteiger partial charge in [0.2, 0.25) is 0 Å². The highest BCUT2D eigenvalue weighted by atomic mass is 14.5. The Morgan fingerprint density at radius 1 is 0.149 bits per heavy atom. The van der Waals surface area contributed by atoms with Crippen LogP contribution in [0.4, 0.5) is 0 Å². The van der Waals surface area contributed by atoms with Gasteiger partial charge in [0, 0.05) is 0 Å². The van der Waals surface area contributed by atoms with E-state index in [2.05, 4.69) is 342 Å². The predicted molar refractivity (Wildman–Crippen MR) is 406 cm³/mol. The van der Waals surface area contributed by atoms with Crippen molar-refractivity contribution in [2.45, 2.75) is 123 Å². The second-order valence-electron chi connectivity index (χ2n) is 28.0. The Morgan fingerprint density at radius 3 is 0.755 bits per heavy atom. The molecule has 3 aliphatic carbocycles. The maximum absolute atomic E-state index is 2.42. The van der Waals surface area contributed by atoms with Crippen LogP contribution in [0.25, 0.3) is 99.8 Å². The summed E-state index contributed by atoms with van der Waals surface area (Å²) in [5.74, 6) is 0. The molecule has 0 radical (unpaired) electrons. The Bertz CT molecular complexity index is 4750. The summed E-state index contributed by atoms with van der Waals surface area (Å²) < 4.78 is 0. The van der Waals surface area contributed by atoms with E-state index in [1.807, 2.05) is 0 Å². The number of benzene rings is 13. The molecule has 464 valence electrons. The van der Waals surface area contributed by atoms with Crippen molar-refractivity contribution < 1.29 is 0 Å². The Hall–Kier alpha value is -9.88. The first-order valence-corrected chi connectivity index (χ1v) is 33.7. The number of hydrogen-bond acceptors (Lipinski definition) is 0. The highest BCUT2D eigenvalue weighted by molar-refractivity contribution is 6.17. The van der Waals surface area contributed by atoms with Crippen LogP contribution in [0.15, 0.2) is 224 Å². The molecule has 0 aromatic heterocycles. The van der Waals surface area contributed by atoms with Crippen molar-refractivity contribution in [1.82, 2.24) is 0 Å². The van der Waals surface area contributed by atoms with Gasteiger partial charge < -0.3 is 0 Å². The van der Waals surface area contributed by atoms with Gasteiger partial charge in [0.25, 0.3) is 0 Å². The van der Waals surface area contributed by atoms with E-state index in [4.69, 9.17) is 0 Å². The van der Waals surface area contributed by atoms with Crippen molar-refractivity contribution in [3.05, 3.63) is 341 Å². The van der Waals surface area contributed by atoms with E-state index in [1.54, 1.807) is 0 Å². The molecule has 0 heteroatoms. The fraction of sp³-hybridized carbons (Fsp3) is 0.191. The molecule has 0 fully saturated rings. The van der Waals surface area contributed by atoms with E-state index in [-0.39, 0.29) is 5.41 Å². The van der Waals surface area contributed by atoms with Crippen LogP contribution in [0.5, 0.6) is 0 Å². The van der Waals surface area contributed by atoms with E-state index in [1.165, 1.54) is 217 Å². The molecule has 13 aromatic carbocycles. The molecule has 0 bridgehead atoms. The van der Waals surface area contributed by atoms with E-state index in [0.717, 1.165) is 0 Å². The van der Waals surface area contributed by atoms with E-state index >= 15 is 0 Å². The number of rotatable bonds is 4. The molecule has 0 unspecified atom stereocenters. The molecule has 0 heterocycles. The van der Waals surface area contributed by atoms with E-state index in [0.29, 0.717) is 0 Å². The first-order valence-electron chi connectivity index (χ1n) is 33.7. The second-order valence-corrected chi connectivity index (χ2v) is 28.0. The summed E-state index contributed by atoms with van der Waals surface area (Å²) >= 11 is 0. The molecule has 0 atom stereocenters. The van der Waals surface area contributed by atoms with Crippen LogP contribution in [-0.2, 0) is 5.41 Å². The maximum Gasteiger partial charge on any atom is 0.0725 e. The van der Waals surface area contributed by atoms with Crippen molar-refractivity contribution in [3.63, 3.8) is 0 Å². The van der Waals surface area contributed by atoms with Gasteiger partial charge in [-0.3, -0.25) is 0 Å². The van der Waals surface area contributed by atoms with Gasteiger partial charge in [-0.25, -0.2) is 0 Å². The number of aryl methyl sites for hydroxylation is 17. The molecule has 16 rings (SSSR count). The van der Waals surface area contributed by atoms with Gasteiger partial charge in [0.1, 0.15) is 0 Å². The fourth-order valence-corrected chi connectivity index (χ4v) is 15.5. The number of hydrogen-bond donors (Lipinski definition) is 0. The first kappa shape index (κ1) is 62.9. The normalized spacial score (nSPS) is 12.2. The van der Waals surface area contributed by atoms with Gasteiger partial charge in [-0.15, -0.1) is 0 Å². The summed E-state index contributed by atoms with van der Waals surface area (Å²) in [5.41, 5.74) is 49.9. The minimum atomic E-state index is -0.217. The Labute approximate surface area is 560 Å². The lowest BCUT2D eigenvalue weighted by Crippen LogP contribution is -2.26. The smallest absolute Gasteiger partial charge is 0.0587 e. The molecule has 3 aliphatic rings. The van der Waals surface area contributed by atoms with Crippen molar-refractivity contribution in [1.29, 1.82) is 0 Å². The molecule has 1 spiro atoms. The van der Waals surface area contributed by atoms with Crippen LogP contribution < -0.4 is 0 Å². The summed E-state index contributed by atoms with van der Waals surface area (Å²) in [7, 11) is 0. The Balaban J connectivity index is 0.000000115. The van der Waals surface area contributed by atoms with E-state index in [9.17, 15) is 0 Å². The second kappa shape index (κ2) is 24.9. The highest BCUT2D eigenvalue weighted by Gasteiger charge is 2.52. The molecule has 0 amide bonds. The van der Waals surface area contributed by atoms with Crippen LogP contribution in [-0.4, -0.2) is 0 Å². The molecule has 0 N–H and O–H groups in total. The van der Waals surface area contributed by atoms with Gasteiger partial charge in [-0.2, -0.15) is 0 Å². The third kappa shape index (κ3) is 11.4. The van der Waals surface area contributed by atoms with Gasteiger partial charge in [0.15, 0.2) is 0 Å². The molecule has 94 heavy (non-hydrogen) atoms. The van der Waals surface area contributed by atoms with Gasteiger partial charge in [-0.1, -0.05) is 263 Å². The fourth-order valence-electron chi connectivity index (χ4n) is 15.5. The monoisotopic (exact) mass is 1220 g/mol. The average molecular weight is 1220 g/mol. The molecular weight excluding hydrogens is 1130 g/mol. The maximum atomic E-state index is 2.42. The highest BCUT2D eigenvalue weighted by Crippen LogP contribution is 2.63. The minimum Gasteiger partial charge on any atom is -0.0587 e. The zero-order valence-electron chi connectivity index (χ0n) is 58.4. The zero-order valence-corrected chi connectivity index (χ0v) is 58.4. The first-order chi connectivity index (χ1) is 45.0. The van der Waals surface area contributed by atoms with Gasteiger partial charge in [0.05, 0.1) is 5.41 Å². The minimum absolute atomic E-state index is 0.217. The Kier molecular flexibility index (Phi) is 16.6. The lowest BCUT2D eigenvalue weighted by molar-refractivity contribution is 0.789. The third-order valence-electron chi connectivity index (χ3n) is 20.5. The van der Waals surface area contributed by atoms with Crippen LogP contribution >= 0.6 is 0 Å². The van der Waals surface area contributed by atoms with Crippen molar-refractivity contribution in [2.75, 3.05) is 0 Å². The summed E-state index contributed by atoms with van der Waals surface area (Å²) in [5, 5.41) is 2.89. The van der Waals surface area contributed by atoms with Crippen LogP contribution in [0.1, 0.15) is 117 Å². The topological polar surface area (TPSA) is 0 Å². The van der Waals surface area contributed by atoms with E-state index < -0.39 is 0 Å².